The zero-order valence-corrected chi connectivity index (χ0v) is 22.8. The van der Waals surface area contributed by atoms with Gasteiger partial charge in [0.1, 0.15) is 0 Å². The van der Waals surface area contributed by atoms with Gasteiger partial charge in [-0.2, -0.15) is 0 Å². The van der Waals surface area contributed by atoms with E-state index >= 15 is 0 Å². The van der Waals surface area contributed by atoms with Crippen molar-refractivity contribution in [3.8, 4) is 0 Å². The molecule has 0 fully saturated rings. The highest BCUT2D eigenvalue weighted by molar-refractivity contribution is 4.52. The lowest BCUT2D eigenvalue weighted by Crippen LogP contribution is -2.49. The largest absolute Gasteiger partial charge is 0.324 e. The maximum Gasteiger partial charge on any atom is 0.0786 e. The standard InChI is InChI=1S/C30H64N/c1-5-9-11-13-15-17-19-21-23-25-27-29-31(7-3,8-4)30-28-26-24-22-20-18-16-14-12-10-6-2/h5-30H2,1-4H3/q+1. The third-order valence-corrected chi connectivity index (χ3v) is 7.81. The Balaban J connectivity index is 3.61. The average Bonchev–Trinajstić information content (AvgIpc) is 2.79. The number of hydrogen-bond acceptors (Lipinski definition) is 0. The van der Waals surface area contributed by atoms with Crippen LogP contribution in [0.15, 0.2) is 0 Å². The molecule has 0 radical (unpaired) electrons. The molecule has 0 N–H and O–H groups in total. The van der Waals surface area contributed by atoms with Crippen molar-refractivity contribution in [3.63, 3.8) is 0 Å². The van der Waals surface area contributed by atoms with Gasteiger partial charge in [-0.1, -0.05) is 129 Å². The molecule has 0 aliphatic heterocycles. The normalized spacial score (nSPS) is 12.0. The van der Waals surface area contributed by atoms with Crippen LogP contribution in [0.1, 0.15) is 169 Å². The van der Waals surface area contributed by atoms with Gasteiger partial charge in [0.15, 0.2) is 0 Å². The van der Waals surface area contributed by atoms with E-state index in [0.29, 0.717) is 0 Å². The Morgan fingerprint density at radius 1 is 0.290 bits per heavy atom. The number of quaternary nitrogens is 1. The highest BCUT2D eigenvalue weighted by atomic mass is 15.3. The van der Waals surface area contributed by atoms with E-state index < -0.39 is 0 Å². The Kier molecular flexibility index (Phi) is 24.6. The lowest BCUT2D eigenvalue weighted by atomic mass is 10.0. The minimum atomic E-state index is 1.34. The highest BCUT2D eigenvalue weighted by Gasteiger charge is 2.21. The van der Waals surface area contributed by atoms with Crippen LogP contribution < -0.4 is 0 Å². The number of rotatable bonds is 26. The summed E-state index contributed by atoms with van der Waals surface area (Å²) in [7, 11) is 0. The van der Waals surface area contributed by atoms with Gasteiger partial charge in [-0.3, -0.25) is 0 Å². The molecule has 0 aliphatic carbocycles. The second kappa shape index (κ2) is 24.6. The summed E-state index contributed by atoms with van der Waals surface area (Å²) in [5.41, 5.74) is 0. The molecule has 0 rings (SSSR count). The summed E-state index contributed by atoms with van der Waals surface area (Å²) >= 11 is 0. The Bertz CT molecular complexity index is 292. The molecule has 31 heavy (non-hydrogen) atoms. The number of nitrogens with zero attached hydrogens (tertiary/aromatic N) is 1. The summed E-state index contributed by atoms with van der Waals surface area (Å²) in [6.07, 6.45) is 32.1. The van der Waals surface area contributed by atoms with Gasteiger partial charge in [0.25, 0.3) is 0 Å². The molecule has 0 amide bonds. The summed E-state index contributed by atoms with van der Waals surface area (Å²) < 4.78 is 1.38. The predicted octanol–water partition coefficient (Wildman–Crippen LogP) is 10.5. The Labute approximate surface area is 199 Å². The fraction of sp³-hybridized carbons (Fsp3) is 1.00. The van der Waals surface area contributed by atoms with Crippen LogP contribution in [0.25, 0.3) is 0 Å². The Hall–Kier alpha value is -0.0400. The molecule has 0 atom stereocenters. The zero-order chi connectivity index (χ0) is 22.9. The first-order valence-electron chi connectivity index (χ1n) is 15.1. The van der Waals surface area contributed by atoms with E-state index in [0.717, 1.165) is 0 Å². The molecule has 1 nitrogen and oxygen atoms in total. The third-order valence-electron chi connectivity index (χ3n) is 7.81. The Morgan fingerprint density at radius 2 is 0.516 bits per heavy atom. The monoisotopic (exact) mass is 439 g/mol. The summed E-state index contributed by atoms with van der Waals surface area (Å²) in [6.45, 7) is 15.0. The van der Waals surface area contributed by atoms with E-state index in [1.54, 1.807) is 0 Å². The van der Waals surface area contributed by atoms with E-state index in [-0.39, 0.29) is 0 Å². The van der Waals surface area contributed by atoms with Crippen molar-refractivity contribution in [2.75, 3.05) is 26.2 Å². The molecule has 1 heteroatoms. The summed E-state index contributed by atoms with van der Waals surface area (Å²) in [4.78, 5) is 0. The van der Waals surface area contributed by atoms with Crippen molar-refractivity contribution in [1.82, 2.24) is 0 Å². The van der Waals surface area contributed by atoms with E-state index in [4.69, 9.17) is 0 Å². The predicted molar refractivity (Wildman–Crippen MR) is 144 cm³/mol. The van der Waals surface area contributed by atoms with Crippen LogP contribution in [0.3, 0.4) is 0 Å². The smallest absolute Gasteiger partial charge is 0.0786 e. The Morgan fingerprint density at radius 3 is 0.742 bits per heavy atom. The van der Waals surface area contributed by atoms with Gasteiger partial charge < -0.3 is 4.48 Å². The van der Waals surface area contributed by atoms with Crippen molar-refractivity contribution in [2.24, 2.45) is 0 Å². The quantitative estimate of drug-likeness (QED) is 0.0930. The fourth-order valence-electron chi connectivity index (χ4n) is 5.19. The summed E-state index contributed by atoms with van der Waals surface area (Å²) in [6, 6.07) is 0. The molecular formula is C30H64N+. The van der Waals surface area contributed by atoms with E-state index in [1.807, 2.05) is 0 Å². The average molecular weight is 439 g/mol. The van der Waals surface area contributed by atoms with E-state index in [9.17, 15) is 0 Å². The molecule has 0 aromatic heterocycles. The molecule has 0 unspecified atom stereocenters. The minimum absolute atomic E-state index is 1.34. The van der Waals surface area contributed by atoms with E-state index in [1.165, 1.54) is 172 Å². The molecular weight excluding hydrogens is 374 g/mol. The first-order chi connectivity index (χ1) is 15.2. The second-order valence-electron chi connectivity index (χ2n) is 10.5. The van der Waals surface area contributed by atoms with Crippen LogP contribution in [0.5, 0.6) is 0 Å². The molecule has 0 aliphatic rings. The minimum Gasteiger partial charge on any atom is -0.324 e. The molecule has 0 aromatic carbocycles. The van der Waals surface area contributed by atoms with Gasteiger partial charge in [-0.25, -0.2) is 0 Å². The van der Waals surface area contributed by atoms with Crippen molar-refractivity contribution in [1.29, 1.82) is 0 Å². The molecule has 0 saturated carbocycles. The third kappa shape index (κ3) is 20.3. The molecule has 0 spiro atoms. The van der Waals surface area contributed by atoms with Crippen LogP contribution in [0.4, 0.5) is 0 Å². The number of hydrogen-bond donors (Lipinski definition) is 0. The van der Waals surface area contributed by atoms with Crippen LogP contribution in [-0.4, -0.2) is 30.7 Å². The lowest BCUT2D eigenvalue weighted by molar-refractivity contribution is -0.925. The van der Waals surface area contributed by atoms with Crippen molar-refractivity contribution in [2.45, 2.75) is 169 Å². The van der Waals surface area contributed by atoms with Gasteiger partial charge in [0.2, 0.25) is 0 Å². The first kappa shape index (κ1) is 31.0. The molecule has 0 saturated heterocycles. The first-order valence-corrected chi connectivity index (χ1v) is 15.1. The summed E-state index contributed by atoms with van der Waals surface area (Å²) in [5.74, 6) is 0. The van der Waals surface area contributed by atoms with Crippen molar-refractivity contribution < 1.29 is 4.48 Å². The topological polar surface area (TPSA) is 0 Å². The molecule has 0 aromatic rings. The van der Waals surface area contributed by atoms with Gasteiger partial charge in [0.05, 0.1) is 26.2 Å². The SMILES string of the molecule is CCCCCCCCCCCCC[N+](CC)(CC)CCCCCCCCCCCCC. The maximum atomic E-state index is 2.43. The summed E-state index contributed by atoms with van der Waals surface area (Å²) in [5, 5.41) is 0. The van der Waals surface area contributed by atoms with Crippen molar-refractivity contribution >= 4 is 0 Å². The van der Waals surface area contributed by atoms with Gasteiger partial charge >= 0.3 is 0 Å². The lowest BCUT2D eigenvalue weighted by Gasteiger charge is -2.37. The zero-order valence-electron chi connectivity index (χ0n) is 22.8. The molecule has 0 heterocycles. The van der Waals surface area contributed by atoms with Gasteiger partial charge in [-0.05, 0) is 39.5 Å². The highest BCUT2D eigenvalue weighted by Crippen LogP contribution is 2.17. The van der Waals surface area contributed by atoms with Crippen LogP contribution in [0.2, 0.25) is 0 Å². The van der Waals surface area contributed by atoms with Crippen molar-refractivity contribution in [3.05, 3.63) is 0 Å². The van der Waals surface area contributed by atoms with Crippen LogP contribution >= 0.6 is 0 Å². The molecule has 188 valence electrons. The van der Waals surface area contributed by atoms with E-state index in [2.05, 4.69) is 27.7 Å². The fourth-order valence-corrected chi connectivity index (χ4v) is 5.19. The van der Waals surface area contributed by atoms with Gasteiger partial charge in [0, 0.05) is 0 Å². The second-order valence-corrected chi connectivity index (χ2v) is 10.5. The number of unbranched alkanes of at least 4 members (excludes halogenated alkanes) is 20. The van der Waals surface area contributed by atoms with Crippen LogP contribution in [-0.2, 0) is 0 Å². The molecule has 0 bridgehead atoms. The van der Waals surface area contributed by atoms with Gasteiger partial charge in [-0.15, -0.1) is 0 Å². The maximum absolute atomic E-state index is 2.43. The van der Waals surface area contributed by atoms with Crippen LogP contribution in [0, 0.1) is 0 Å².